The first-order valence-electron chi connectivity index (χ1n) is 10.2. The van der Waals surface area contributed by atoms with Crippen molar-refractivity contribution in [1.29, 1.82) is 5.41 Å². The van der Waals surface area contributed by atoms with Gasteiger partial charge in [0.15, 0.2) is 17.4 Å². The van der Waals surface area contributed by atoms with E-state index in [4.69, 9.17) is 17.0 Å². The van der Waals surface area contributed by atoms with E-state index in [1.165, 1.54) is 18.2 Å². The Morgan fingerprint density at radius 1 is 1.00 bits per heavy atom. The quantitative estimate of drug-likeness (QED) is 0.419. The van der Waals surface area contributed by atoms with Gasteiger partial charge in [0, 0.05) is 17.5 Å². The lowest BCUT2D eigenvalue weighted by Crippen LogP contribution is -2.43. The molecule has 10 heteroatoms. The molecule has 178 valence electrons. The van der Waals surface area contributed by atoms with E-state index in [1.807, 2.05) is 26.0 Å². The van der Waals surface area contributed by atoms with Gasteiger partial charge >= 0.3 is 12.2 Å². The third-order valence-electron chi connectivity index (χ3n) is 5.59. The Morgan fingerprint density at radius 2 is 1.65 bits per heavy atom. The smallest absolute Gasteiger partial charge is 0.401 e. The number of aromatic hydroxyl groups is 1. The van der Waals surface area contributed by atoms with Crippen LogP contribution in [0.3, 0.4) is 0 Å². The number of carbonyl (C=O) groups is 1. The first kappa shape index (κ1) is 25.3. The molecule has 0 fully saturated rings. The predicted octanol–water partition coefficient (Wildman–Crippen LogP) is 5.90. The van der Waals surface area contributed by atoms with Gasteiger partial charge in [-0.15, -0.1) is 0 Å². The fourth-order valence-corrected chi connectivity index (χ4v) is 3.34. The third-order valence-corrected chi connectivity index (χ3v) is 5.92. The molecule has 1 heterocycles. The number of hydrogen-bond acceptors (Lipinski definition) is 6. The number of rotatable bonds is 6. The molecule has 1 aromatic heterocycles. The molecule has 3 aromatic rings. The highest BCUT2D eigenvalue weighted by Crippen LogP contribution is 2.39. The number of carbonyl (C=O) groups excluding carboxylic acids is 1. The Hall–Kier alpha value is -3.33. The normalized spacial score (nSPS) is 12.0. The van der Waals surface area contributed by atoms with Gasteiger partial charge in [0.25, 0.3) is 0 Å². The largest absolute Gasteiger partial charge is 0.479 e. The van der Waals surface area contributed by atoms with Gasteiger partial charge in [-0.1, -0.05) is 29.8 Å². The monoisotopic (exact) mass is 490 g/mol. The number of aryl methyl sites for hydroxylation is 2. The lowest BCUT2D eigenvalue weighted by molar-refractivity contribution is -0.206. The lowest BCUT2D eigenvalue weighted by atomic mass is 9.83. The molecule has 0 spiro atoms. The van der Waals surface area contributed by atoms with Gasteiger partial charge in [-0.3, -0.25) is 4.79 Å². The first-order valence-corrected chi connectivity index (χ1v) is 10.6. The molecule has 0 radical (unpaired) electrons. The Bertz CT molecular complexity index is 1290. The van der Waals surface area contributed by atoms with E-state index in [1.54, 1.807) is 6.07 Å². The summed E-state index contributed by atoms with van der Waals surface area (Å²) < 4.78 is 39.6. The zero-order valence-electron chi connectivity index (χ0n) is 18.9. The van der Waals surface area contributed by atoms with Crippen LogP contribution in [0.2, 0.25) is 5.02 Å². The maximum absolute atomic E-state index is 13.2. The van der Waals surface area contributed by atoms with Crippen molar-refractivity contribution in [2.45, 2.75) is 40.3 Å². The summed E-state index contributed by atoms with van der Waals surface area (Å²) in [4.78, 5) is 24.6. The number of nitrogens with zero attached hydrogens (tertiary/aromatic N) is 3. The van der Waals surface area contributed by atoms with Crippen molar-refractivity contribution in [2.75, 3.05) is 0 Å². The number of aromatic nitrogens is 3. The molecule has 6 nitrogen and oxygen atoms in total. The van der Waals surface area contributed by atoms with Crippen LogP contribution in [0.1, 0.15) is 30.5 Å². The van der Waals surface area contributed by atoms with E-state index < -0.39 is 29.1 Å². The summed E-state index contributed by atoms with van der Waals surface area (Å²) in [5.41, 5.74) is -0.00490. The highest BCUT2D eigenvalue weighted by atomic mass is 35.5. The molecule has 0 bridgehead atoms. The molecular weight excluding hydrogens is 469 g/mol. The van der Waals surface area contributed by atoms with Gasteiger partial charge in [-0.05, 0) is 62.6 Å². The highest BCUT2D eigenvalue weighted by molar-refractivity contribution is 6.41. The van der Waals surface area contributed by atoms with E-state index in [0.717, 1.165) is 25.0 Å². The molecule has 34 heavy (non-hydrogen) atoms. The molecular formula is C24H22ClF3N4O2. The molecule has 0 aliphatic rings. The van der Waals surface area contributed by atoms with E-state index in [2.05, 4.69) is 15.0 Å². The van der Waals surface area contributed by atoms with Crippen LogP contribution < -0.4 is 0 Å². The Morgan fingerprint density at radius 3 is 2.26 bits per heavy atom. The maximum Gasteiger partial charge on any atom is 0.401 e. The minimum absolute atomic E-state index is 0.0426. The van der Waals surface area contributed by atoms with Crippen LogP contribution >= 0.6 is 11.6 Å². The molecule has 3 rings (SSSR count). The van der Waals surface area contributed by atoms with Crippen LogP contribution in [-0.2, 0) is 11.2 Å². The van der Waals surface area contributed by atoms with Gasteiger partial charge in [0.1, 0.15) is 5.41 Å². The lowest BCUT2D eigenvalue weighted by Gasteiger charge is -2.26. The second kappa shape index (κ2) is 9.13. The minimum Gasteiger partial charge on any atom is -0.479 e. The zero-order chi connectivity index (χ0) is 25.4. The predicted molar refractivity (Wildman–Crippen MR) is 123 cm³/mol. The van der Waals surface area contributed by atoms with Crippen LogP contribution in [0.4, 0.5) is 13.2 Å². The molecule has 0 amide bonds. The molecule has 0 atom stereocenters. The third kappa shape index (κ3) is 5.09. The number of benzene rings is 2. The summed E-state index contributed by atoms with van der Waals surface area (Å²) in [5, 5.41) is 18.3. The van der Waals surface area contributed by atoms with E-state index in [-0.39, 0.29) is 28.7 Å². The van der Waals surface area contributed by atoms with Crippen LogP contribution in [0.5, 0.6) is 6.01 Å². The van der Waals surface area contributed by atoms with E-state index in [9.17, 15) is 23.1 Å². The van der Waals surface area contributed by atoms with Crippen molar-refractivity contribution in [3.8, 4) is 28.8 Å². The van der Waals surface area contributed by atoms with Crippen molar-refractivity contribution in [1.82, 2.24) is 15.0 Å². The van der Waals surface area contributed by atoms with E-state index in [0.29, 0.717) is 11.1 Å². The van der Waals surface area contributed by atoms with Gasteiger partial charge in [0.05, 0.1) is 10.7 Å². The van der Waals surface area contributed by atoms with Crippen molar-refractivity contribution >= 4 is 23.1 Å². The van der Waals surface area contributed by atoms with Crippen molar-refractivity contribution < 1.29 is 23.1 Å². The van der Waals surface area contributed by atoms with Crippen molar-refractivity contribution in [2.24, 2.45) is 5.41 Å². The second-order valence-corrected chi connectivity index (χ2v) is 8.91. The maximum atomic E-state index is 13.2. The second-order valence-electron chi connectivity index (χ2n) is 8.50. The summed E-state index contributed by atoms with van der Waals surface area (Å²) >= 11 is 6.31. The Kier molecular flexibility index (Phi) is 6.80. The molecule has 0 aliphatic heterocycles. The van der Waals surface area contributed by atoms with Crippen molar-refractivity contribution in [3.63, 3.8) is 0 Å². The molecule has 0 unspecified atom stereocenters. The van der Waals surface area contributed by atoms with Crippen molar-refractivity contribution in [3.05, 3.63) is 58.1 Å². The van der Waals surface area contributed by atoms with Crippen LogP contribution in [-0.4, -0.2) is 37.7 Å². The van der Waals surface area contributed by atoms with Gasteiger partial charge < -0.3 is 10.5 Å². The first-order chi connectivity index (χ1) is 15.7. The van der Waals surface area contributed by atoms with Gasteiger partial charge in [-0.25, -0.2) is 4.98 Å². The number of nitrogens with one attached hydrogen (secondary N) is 1. The minimum atomic E-state index is -4.78. The molecule has 0 saturated carbocycles. The number of halogens is 4. The molecule has 0 aliphatic carbocycles. The average Bonchev–Trinajstić information content (AvgIpc) is 2.75. The standard InChI is InChI=1S/C24H22ClF3N4O2/c1-12-5-7-15(9-13(12)2)20-30-21(32-22(34)31-20)16-10-14(6-8-17(16)25)11-18(29)19(33)23(3,4)24(26,27)28/h5-10,29H,11H2,1-4H3,(H,30,31,32,34). The van der Waals surface area contributed by atoms with Crippen LogP contribution in [0.25, 0.3) is 22.8 Å². The van der Waals surface area contributed by atoms with Crippen LogP contribution in [0.15, 0.2) is 36.4 Å². The molecule has 2 N–H and O–H groups in total. The summed E-state index contributed by atoms with van der Waals surface area (Å²) in [6.45, 7) is 5.38. The van der Waals surface area contributed by atoms with Gasteiger partial charge in [0.2, 0.25) is 0 Å². The highest BCUT2D eigenvalue weighted by Gasteiger charge is 2.53. The Balaban J connectivity index is 1.97. The number of Topliss-reactive ketones (excluding diaryl/α,β-unsaturated/α-hetero) is 1. The number of ketones is 1. The summed E-state index contributed by atoms with van der Waals surface area (Å²) in [5.74, 6) is -1.06. The summed E-state index contributed by atoms with van der Waals surface area (Å²) in [6, 6.07) is 9.47. The van der Waals surface area contributed by atoms with Crippen LogP contribution in [0, 0.1) is 24.7 Å². The van der Waals surface area contributed by atoms with E-state index >= 15 is 0 Å². The number of alkyl halides is 3. The fourth-order valence-electron chi connectivity index (χ4n) is 3.14. The molecule has 2 aromatic carbocycles. The number of hydrogen-bond donors (Lipinski definition) is 2. The zero-order valence-corrected chi connectivity index (χ0v) is 19.6. The fraction of sp³-hybridized carbons (Fsp3) is 0.292. The SMILES string of the molecule is Cc1ccc(-c2nc(O)nc(-c3cc(CC(=N)C(=O)C(C)(C)C(F)(F)F)ccc3Cl)n2)cc1C. The average molecular weight is 491 g/mol. The summed E-state index contributed by atoms with van der Waals surface area (Å²) in [7, 11) is 0. The molecule has 0 saturated heterocycles. The topological polar surface area (TPSA) is 99.8 Å². The Labute approximate surface area is 199 Å². The summed E-state index contributed by atoms with van der Waals surface area (Å²) in [6.07, 6.45) is -5.13. The van der Waals surface area contributed by atoms with Gasteiger partial charge in [-0.2, -0.15) is 23.1 Å².